The number of nitrogens with zero attached hydrogens (tertiary/aromatic N) is 4. The minimum atomic E-state index is -1.95. The van der Waals surface area contributed by atoms with Crippen molar-refractivity contribution in [1.29, 1.82) is 0 Å². The molecule has 2 saturated heterocycles. The van der Waals surface area contributed by atoms with E-state index in [0.717, 1.165) is 35.1 Å². The Bertz CT molecular complexity index is 1880. The number of thiazole rings is 1. The van der Waals surface area contributed by atoms with E-state index in [0.29, 0.717) is 29.7 Å². The highest BCUT2D eigenvalue weighted by atomic mass is 35.5. The minimum absolute atomic E-state index is 0.0173. The minimum Gasteiger partial charge on any atom is -0.543 e. The third kappa shape index (κ3) is 8.01. The maximum atomic E-state index is 13.4. The van der Waals surface area contributed by atoms with Gasteiger partial charge < -0.3 is 56.0 Å². The van der Waals surface area contributed by atoms with Crippen LogP contribution < -0.4 is 21.5 Å². The number of hydrogen-bond acceptors (Lipinski definition) is 15. The largest absolute Gasteiger partial charge is 0.543 e. The molecule has 0 spiro atoms. The monoisotopic (exact) mass is 781 g/mol. The van der Waals surface area contributed by atoms with Gasteiger partial charge in [0.15, 0.2) is 22.3 Å². The van der Waals surface area contributed by atoms with Crippen molar-refractivity contribution >= 4 is 81.2 Å². The zero-order valence-electron chi connectivity index (χ0n) is 26.9. The number of nitrogens with two attached hydrogens (primary N) is 1. The Hall–Kier alpha value is -5.12. The molecule has 2 aromatic rings. The summed E-state index contributed by atoms with van der Waals surface area (Å²) >= 11 is 8.14. The second-order valence-corrected chi connectivity index (χ2v) is 14.4. The number of likely N-dealkylation sites (tertiary alicyclic amines) is 1. The number of carbonyl (C=O) groups is 6. The third-order valence-corrected chi connectivity index (χ3v) is 11.1. The number of carbonyl (C=O) groups excluding carboxylic acids is 4. The van der Waals surface area contributed by atoms with Gasteiger partial charge in [0.25, 0.3) is 17.7 Å². The standard InChI is InChI=1S/C30H32ClN7O12S2/c31-19-14(3-4-16(39)23(19)42)24(43)33-5-8-38(6-1-2-7-38)10-13-11-51-27-21(26(45)37(27)22(13)29(48)49)35-25(44)20(15-12-52-30(32)34-15)36-50-17(28(46)47)9-18(40)41/h3-4,12,17,21,27H,1-2,5-11H2,(H8-,32,33,34,35,36,39,40,41,42,43,44,46,47,48,49)/t17-,21+,27+/m0/s1. The van der Waals surface area contributed by atoms with Gasteiger partial charge in [-0.25, -0.2) is 9.78 Å². The first-order valence-electron chi connectivity index (χ1n) is 15.5. The van der Waals surface area contributed by atoms with Gasteiger partial charge in [0.05, 0.1) is 54.9 Å². The molecule has 19 nitrogen and oxygen atoms in total. The molecule has 0 unspecified atom stereocenters. The van der Waals surface area contributed by atoms with Crippen molar-refractivity contribution < 1.29 is 63.6 Å². The molecule has 0 aliphatic carbocycles. The van der Waals surface area contributed by atoms with Crippen molar-refractivity contribution in [3.8, 4) is 11.5 Å². The zero-order chi connectivity index (χ0) is 37.9. The number of fused-ring (bicyclic) bond motifs is 1. The summed E-state index contributed by atoms with van der Waals surface area (Å²) in [5.41, 5.74) is 5.02. The molecule has 3 atom stereocenters. The molecule has 52 heavy (non-hydrogen) atoms. The Labute approximate surface area is 307 Å². The van der Waals surface area contributed by atoms with Crippen molar-refractivity contribution in [2.45, 2.75) is 36.8 Å². The Morgan fingerprint density at radius 3 is 2.52 bits per heavy atom. The van der Waals surface area contributed by atoms with E-state index in [-0.39, 0.29) is 46.0 Å². The van der Waals surface area contributed by atoms with Crippen LogP contribution >= 0.6 is 34.7 Å². The van der Waals surface area contributed by atoms with Gasteiger partial charge in [-0.2, -0.15) is 0 Å². The topological polar surface area (TPSA) is 294 Å². The number of anilines is 1. The fourth-order valence-corrected chi connectivity index (χ4v) is 8.28. The molecular formula is C30H32ClN7O12S2. The van der Waals surface area contributed by atoms with Crippen LogP contribution in [0, 0.1) is 0 Å². The predicted molar refractivity (Wildman–Crippen MR) is 181 cm³/mol. The predicted octanol–water partition coefficient (Wildman–Crippen LogP) is -1.12. The number of thioether (sulfide) groups is 1. The molecular weight excluding hydrogens is 750 g/mol. The number of β-lactam (4-membered cyclic amide) rings is 1. The van der Waals surface area contributed by atoms with E-state index in [1.165, 1.54) is 23.2 Å². The average Bonchev–Trinajstić information content (AvgIpc) is 3.74. The number of aromatic hydroxyl groups is 2. The molecule has 3 amide bonds. The lowest BCUT2D eigenvalue weighted by Gasteiger charge is -2.51. The van der Waals surface area contributed by atoms with E-state index in [1.807, 2.05) is 0 Å². The van der Waals surface area contributed by atoms with Gasteiger partial charge in [-0.15, -0.1) is 23.1 Å². The van der Waals surface area contributed by atoms with Crippen LogP contribution in [-0.4, -0.2) is 132 Å². The van der Waals surface area contributed by atoms with E-state index in [2.05, 4.69) is 20.8 Å². The molecule has 3 aliphatic heterocycles. The zero-order valence-corrected chi connectivity index (χ0v) is 29.3. The molecule has 22 heteroatoms. The second-order valence-electron chi connectivity index (χ2n) is 12.1. The fourth-order valence-electron chi connectivity index (χ4n) is 6.15. The highest BCUT2D eigenvalue weighted by molar-refractivity contribution is 8.00. The molecule has 0 radical (unpaired) electrons. The van der Waals surface area contributed by atoms with Crippen LogP contribution in [0.5, 0.6) is 11.5 Å². The SMILES string of the molecule is Nc1nc(/C(=N/O[C@@H](CC(=O)O)C(=O)O)C(=O)N[C@@H]2C(=O)N3C(C(=O)[O-])=C(C[N+]4(CCNC(=O)c5ccc(O)c(O)c5Cl)CCCC4)CS[C@H]23)cs1. The summed E-state index contributed by atoms with van der Waals surface area (Å²) in [4.78, 5) is 84.5. The van der Waals surface area contributed by atoms with Crippen molar-refractivity contribution in [2.24, 2.45) is 5.16 Å². The molecule has 0 bridgehead atoms. The number of nitrogen functional groups attached to an aromatic ring is 1. The smallest absolute Gasteiger partial charge is 0.348 e. The number of aliphatic carboxylic acids is 3. The first kappa shape index (κ1) is 38.1. The van der Waals surface area contributed by atoms with Crippen LogP contribution in [0.4, 0.5) is 5.13 Å². The number of oxime groups is 1. The summed E-state index contributed by atoms with van der Waals surface area (Å²) in [6.07, 6.45) is -1.25. The van der Waals surface area contributed by atoms with Crippen molar-refractivity contribution in [3.05, 3.63) is 45.1 Å². The highest BCUT2D eigenvalue weighted by Crippen LogP contribution is 2.41. The van der Waals surface area contributed by atoms with E-state index < -0.39 is 76.8 Å². The highest BCUT2D eigenvalue weighted by Gasteiger charge is 2.54. The van der Waals surface area contributed by atoms with Crippen LogP contribution in [-0.2, 0) is 28.8 Å². The van der Waals surface area contributed by atoms with Crippen LogP contribution in [0.25, 0.3) is 0 Å². The Balaban J connectivity index is 1.29. The summed E-state index contributed by atoms with van der Waals surface area (Å²) < 4.78 is 0.407. The lowest BCUT2D eigenvalue weighted by atomic mass is 10.0. The summed E-state index contributed by atoms with van der Waals surface area (Å²) in [5.74, 6) is -8.06. The van der Waals surface area contributed by atoms with Crippen molar-refractivity contribution in [3.63, 3.8) is 0 Å². The number of phenols is 2. The van der Waals surface area contributed by atoms with Crippen LogP contribution in [0.15, 0.2) is 33.9 Å². The number of carboxylic acid groups (broad SMARTS) is 3. The number of carboxylic acids is 3. The van der Waals surface area contributed by atoms with Gasteiger partial charge in [-0.3, -0.25) is 24.1 Å². The number of phenolic OH excluding ortho intramolecular Hbond substituents is 2. The van der Waals surface area contributed by atoms with Crippen LogP contribution in [0.1, 0.15) is 35.3 Å². The van der Waals surface area contributed by atoms with Gasteiger partial charge in [0.1, 0.15) is 23.7 Å². The number of nitrogens with one attached hydrogen (secondary N) is 2. The van der Waals surface area contributed by atoms with Crippen molar-refractivity contribution in [2.75, 3.05) is 44.2 Å². The van der Waals surface area contributed by atoms with Gasteiger partial charge in [0.2, 0.25) is 6.10 Å². The number of hydrogen-bond donors (Lipinski definition) is 7. The number of halogens is 1. The third-order valence-electron chi connectivity index (χ3n) is 8.67. The summed E-state index contributed by atoms with van der Waals surface area (Å²) in [6, 6.07) is 1.17. The van der Waals surface area contributed by atoms with E-state index >= 15 is 0 Å². The molecule has 2 fully saturated rings. The molecule has 278 valence electrons. The maximum absolute atomic E-state index is 13.4. The Morgan fingerprint density at radius 1 is 1.19 bits per heavy atom. The molecule has 1 aromatic carbocycles. The number of quaternary nitrogens is 1. The average molecular weight is 782 g/mol. The molecule has 0 saturated carbocycles. The summed E-state index contributed by atoms with van der Waals surface area (Å²) in [7, 11) is 0. The molecule has 4 heterocycles. The van der Waals surface area contributed by atoms with Gasteiger partial charge >= 0.3 is 11.9 Å². The summed E-state index contributed by atoms with van der Waals surface area (Å²) in [6.45, 7) is 2.14. The number of rotatable bonds is 15. The fraction of sp³-hybridized carbons (Fsp3) is 0.400. The molecule has 3 aliphatic rings. The lowest BCUT2D eigenvalue weighted by molar-refractivity contribution is -0.911. The van der Waals surface area contributed by atoms with E-state index in [9.17, 15) is 49.2 Å². The summed E-state index contributed by atoms with van der Waals surface area (Å²) in [5, 5.41) is 59.2. The molecule has 5 rings (SSSR count). The van der Waals surface area contributed by atoms with Crippen molar-refractivity contribution in [1.82, 2.24) is 20.5 Å². The lowest BCUT2D eigenvalue weighted by Crippen LogP contribution is -2.72. The molecule has 1 aromatic heterocycles. The van der Waals surface area contributed by atoms with E-state index in [4.69, 9.17) is 27.3 Å². The van der Waals surface area contributed by atoms with Gasteiger partial charge in [-0.1, -0.05) is 16.8 Å². The first-order chi connectivity index (χ1) is 24.6. The van der Waals surface area contributed by atoms with E-state index in [1.54, 1.807) is 0 Å². The maximum Gasteiger partial charge on any atom is 0.348 e. The van der Waals surface area contributed by atoms with Crippen LogP contribution in [0.3, 0.4) is 0 Å². The number of amides is 3. The Kier molecular flexibility index (Phi) is 11.5. The normalized spacial score (nSPS) is 20.1. The van der Waals surface area contributed by atoms with Gasteiger partial charge in [-0.05, 0) is 12.1 Å². The molecule has 8 N–H and O–H groups in total. The van der Waals surface area contributed by atoms with Crippen LogP contribution in [0.2, 0.25) is 5.02 Å². The van der Waals surface area contributed by atoms with Gasteiger partial charge in [0, 0.05) is 29.5 Å². The first-order valence-corrected chi connectivity index (χ1v) is 17.9. The number of aromatic nitrogens is 1. The number of benzene rings is 1. The second kappa shape index (κ2) is 15.6. The quantitative estimate of drug-likeness (QED) is 0.0370. The Morgan fingerprint density at radius 2 is 1.90 bits per heavy atom.